The molecule has 2 rings (SSSR count). The molecule has 0 aliphatic heterocycles. The SMILES string of the molecule is Cc1csc(CNC(C)C)c1S(=O)(=O)NCC1(C)CCC1. The Bertz CT molecular complexity index is 587. The minimum Gasteiger partial charge on any atom is -0.310 e. The predicted octanol–water partition coefficient (Wildman–Crippen LogP) is 3.02. The topological polar surface area (TPSA) is 58.2 Å². The third-order valence-electron chi connectivity index (χ3n) is 4.18. The van der Waals surface area contributed by atoms with Crippen molar-refractivity contribution in [3.63, 3.8) is 0 Å². The van der Waals surface area contributed by atoms with Gasteiger partial charge in [0.25, 0.3) is 0 Å². The number of aryl methyl sites for hydroxylation is 1. The van der Waals surface area contributed by atoms with E-state index in [0.717, 1.165) is 23.3 Å². The maximum atomic E-state index is 12.6. The third-order valence-corrected chi connectivity index (χ3v) is 7.04. The Balaban J connectivity index is 2.13. The number of sulfonamides is 1. The lowest BCUT2D eigenvalue weighted by Gasteiger charge is -2.38. The highest BCUT2D eigenvalue weighted by Crippen LogP contribution is 2.40. The summed E-state index contributed by atoms with van der Waals surface area (Å²) in [6.45, 7) is 9.29. The maximum Gasteiger partial charge on any atom is 0.242 e. The maximum absolute atomic E-state index is 12.6. The normalized spacial score (nSPS) is 18.0. The molecule has 0 spiro atoms. The summed E-state index contributed by atoms with van der Waals surface area (Å²) in [4.78, 5) is 1.37. The summed E-state index contributed by atoms with van der Waals surface area (Å²) in [5, 5.41) is 5.23. The van der Waals surface area contributed by atoms with Crippen molar-refractivity contribution < 1.29 is 8.42 Å². The fourth-order valence-electron chi connectivity index (χ4n) is 2.57. The lowest BCUT2D eigenvalue weighted by atomic mass is 9.71. The van der Waals surface area contributed by atoms with E-state index in [0.29, 0.717) is 24.0 Å². The first-order chi connectivity index (χ1) is 9.73. The van der Waals surface area contributed by atoms with Crippen molar-refractivity contribution in [1.29, 1.82) is 0 Å². The van der Waals surface area contributed by atoms with Gasteiger partial charge in [-0.1, -0.05) is 27.2 Å². The molecule has 0 bridgehead atoms. The van der Waals surface area contributed by atoms with Crippen LogP contribution in [0.1, 0.15) is 50.5 Å². The minimum atomic E-state index is -3.42. The fraction of sp³-hybridized carbons (Fsp3) is 0.733. The Kier molecular flexibility index (Phi) is 5.13. The third kappa shape index (κ3) is 4.06. The van der Waals surface area contributed by atoms with Gasteiger partial charge in [0, 0.05) is 24.0 Å². The lowest BCUT2D eigenvalue weighted by molar-refractivity contribution is 0.166. The second kappa shape index (κ2) is 6.36. The second-order valence-corrected chi connectivity index (χ2v) is 9.36. The minimum absolute atomic E-state index is 0.146. The molecule has 0 amide bonds. The van der Waals surface area contributed by atoms with Crippen LogP contribution < -0.4 is 10.0 Å². The first-order valence-corrected chi connectivity index (χ1v) is 9.90. The monoisotopic (exact) mass is 330 g/mol. The van der Waals surface area contributed by atoms with Crippen LogP contribution in [-0.4, -0.2) is 21.0 Å². The number of thiophene rings is 1. The molecule has 1 saturated carbocycles. The molecule has 0 radical (unpaired) electrons. The van der Waals surface area contributed by atoms with E-state index in [9.17, 15) is 8.42 Å². The summed E-state index contributed by atoms with van der Waals surface area (Å²) in [6, 6.07) is 0.338. The molecular formula is C15H26N2O2S2. The summed E-state index contributed by atoms with van der Waals surface area (Å²) >= 11 is 1.52. The Hall–Kier alpha value is -0.430. The van der Waals surface area contributed by atoms with E-state index >= 15 is 0 Å². The van der Waals surface area contributed by atoms with Gasteiger partial charge >= 0.3 is 0 Å². The van der Waals surface area contributed by atoms with Gasteiger partial charge in [-0.2, -0.15) is 0 Å². The zero-order valence-corrected chi connectivity index (χ0v) is 15.0. The van der Waals surface area contributed by atoms with Crippen LogP contribution in [0.4, 0.5) is 0 Å². The van der Waals surface area contributed by atoms with Crippen molar-refractivity contribution in [3.8, 4) is 0 Å². The molecule has 0 atom stereocenters. The highest BCUT2D eigenvalue weighted by molar-refractivity contribution is 7.89. The Labute approximate surface area is 132 Å². The van der Waals surface area contributed by atoms with Gasteiger partial charge in [-0.15, -0.1) is 11.3 Å². The molecular weight excluding hydrogens is 304 g/mol. The predicted molar refractivity (Wildman–Crippen MR) is 88.2 cm³/mol. The number of hydrogen-bond donors (Lipinski definition) is 2. The lowest BCUT2D eigenvalue weighted by Crippen LogP contribution is -2.40. The van der Waals surface area contributed by atoms with E-state index in [4.69, 9.17) is 0 Å². The zero-order valence-electron chi connectivity index (χ0n) is 13.3. The van der Waals surface area contributed by atoms with Crippen LogP contribution in [0.25, 0.3) is 0 Å². The van der Waals surface area contributed by atoms with Gasteiger partial charge in [0.1, 0.15) is 4.90 Å². The van der Waals surface area contributed by atoms with Crippen LogP contribution in [-0.2, 0) is 16.6 Å². The summed E-state index contributed by atoms with van der Waals surface area (Å²) in [5.74, 6) is 0. The molecule has 1 fully saturated rings. The number of nitrogens with one attached hydrogen (secondary N) is 2. The average Bonchev–Trinajstić information content (AvgIpc) is 2.73. The van der Waals surface area contributed by atoms with Crippen molar-refractivity contribution >= 4 is 21.4 Å². The molecule has 4 nitrogen and oxygen atoms in total. The fourth-order valence-corrected chi connectivity index (χ4v) is 5.52. The summed E-state index contributed by atoms with van der Waals surface area (Å²) in [7, 11) is -3.42. The molecule has 1 aliphatic rings. The van der Waals surface area contributed by atoms with Gasteiger partial charge in [0.15, 0.2) is 0 Å². The highest BCUT2D eigenvalue weighted by Gasteiger charge is 2.34. The summed E-state index contributed by atoms with van der Waals surface area (Å²) < 4.78 is 28.1. The van der Waals surface area contributed by atoms with Gasteiger partial charge in [-0.05, 0) is 36.1 Å². The van der Waals surface area contributed by atoms with Crippen molar-refractivity contribution in [2.75, 3.05) is 6.54 Å². The van der Waals surface area contributed by atoms with Gasteiger partial charge in [-0.25, -0.2) is 13.1 Å². The van der Waals surface area contributed by atoms with E-state index in [2.05, 4.69) is 30.8 Å². The number of rotatable bonds is 7. The Morgan fingerprint density at radius 1 is 1.38 bits per heavy atom. The van der Waals surface area contributed by atoms with E-state index in [-0.39, 0.29) is 5.41 Å². The van der Waals surface area contributed by atoms with Crippen molar-refractivity contribution in [2.45, 2.75) is 64.4 Å². The quantitative estimate of drug-likeness (QED) is 0.808. The molecule has 0 saturated heterocycles. The molecule has 21 heavy (non-hydrogen) atoms. The van der Waals surface area contributed by atoms with Crippen molar-refractivity contribution in [2.24, 2.45) is 5.41 Å². The standard InChI is InChI=1S/C15H26N2O2S2/c1-11(2)16-8-13-14(12(3)9-20-13)21(18,19)17-10-15(4)6-5-7-15/h9,11,16-17H,5-8,10H2,1-4H3. The Morgan fingerprint density at radius 2 is 2.05 bits per heavy atom. The molecule has 1 aromatic rings. The molecule has 1 aromatic heterocycles. The zero-order chi connectivity index (χ0) is 15.7. The molecule has 0 unspecified atom stereocenters. The molecule has 1 heterocycles. The van der Waals surface area contributed by atoms with Crippen LogP contribution in [0.15, 0.2) is 10.3 Å². The van der Waals surface area contributed by atoms with Crippen LogP contribution in [0.5, 0.6) is 0 Å². The smallest absolute Gasteiger partial charge is 0.242 e. The Morgan fingerprint density at radius 3 is 2.57 bits per heavy atom. The molecule has 1 aliphatic carbocycles. The van der Waals surface area contributed by atoms with Gasteiger partial charge < -0.3 is 5.32 Å². The van der Waals surface area contributed by atoms with Crippen molar-refractivity contribution in [1.82, 2.24) is 10.0 Å². The molecule has 6 heteroatoms. The van der Waals surface area contributed by atoms with Crippen LogP contribution >= 0.6 is 11.3 Å². The summed E-state index contributed by atoms with van der Waals surface area (Å²) in [6.07, 6.45) is 3.43. The van der Waals surface area contributed by atoms with Gasteiger partial charge in [-0.3, -0.25) is 0 Å². The van der Waals surface area contributed by atoms with Crippen LogP contribution in [0.2, 0.25) is 0 Å². The van der Waals surface area contributed by atoms with Crippen LogP contribution in [0, 0.1) is 12.3 Å². The second-order valence-electron chi connectivity index (χ2n) is 6.70. The largest absolute Gasteiger partial charge is 0.310 e. The van der Waals surface area contributed by atoms with E-state index in [1.165, 1.54) is 17.8 Å². The van der Waals surface area contributed by atoms with Gasteiger partial charge in [0.2, 0.25) is 10.0 Å². The molecule has 0 aromatic carbocycles. The van der Waals surface area contributed by atoms with Crippen LogP contribution in [0.3, 0.4) is 0 Å². The molecule has 120 valence electrons. The first-order valence-electron chi connectivity index (χ1n) is 7.53. The van der Waals surface area contributed by atoms with Gasteiger partial charge in [0.05, 0.1) is 0 Å². The van der Waals surface area contributed by atoms with E-state index in [1.54, 1.807) is 0 Å². The highest BCUT2D eigenvalue weighted by atomic mass is 32.2. The average molecular weight is 331 g/mol. The van der Waals surface area contributed by atoms with E-state index in [1.807, 2.05) is 12.3 Å². The molecule has 2 N–H and O–H groups in total. The first kappa shape index (κ1) is 16.9. The van der Waals surface area contributed by atoms with E-state index < -0.39 is 10.0 Å². The van der Waals surface area contributed by atoms with Crippen molar-refractivity contribution in [3.05, 3.63) is 15.8 Å². The number of hydrogen-bond acceptors (Lipinski definition) is 4. The summed E-state index contributed by atoms with van der Waals surface area (Å²) in [5.41, 5.74) is 0.986.